The van der Waals surface area contributed by atoms with Gasteiger partial charge in [0, 0.05) is 16.2 Å². The highest BCUT2D eigenvalue weighted by atomic mass is 79.9. The zero-order valence-electron chi connectivity index (χ0n) is 8.93. The molecular formula is C13H9BrN2O. The number of ether oxygens (including phenoxy) is 1. The van der Waals surface area contributed by atoms with E-state index in [9.17, 15) is 0 Å². The molecule has 0 atom stereocenters. The van der Waals surface area contributed by atoms with Crippen molar-refractivity contribution in [2.45, 2.75) is 6.61 Å². The van der Waals surface area contributed by atoms with E-state index >= 15 is 0 Å². The number of hydrogen-bond donors (Lipinski definition) is 0. The molecule has 0 unspecified atom stereocenters. The second-order valence-corrected chi connectivity index (χ2v) is 4.20. The molecule has 0 fully saturated rings. The molecule has 0 bridgehead atoms. The van der Waals surface area contributed by atoms with E-state index in [0.29, 0.717) is 18.1 Å². The molecule has 0 saturated carbocycles. The van der Waals surface area contributed by atoms with Gasteiger partial charge in [-0.15, -0.1) is 0 Å². The van der Waals surface area contributed by atoms with Crippen LogP contribution < -0.4 is 4.74 Å². The van der Waals surface area contributed by atoms with E-state index in [2.05, 4.69) is 20.9 Å². The molecule has 4 heteroatoms. The molecule has 0 N–H and O–H groups in total. The summed E-state index contributed by atoms with van der Waals surface area (Å²) in [5.41, 5.74) is 1.33. The van der Waals surface area contributed by atoms with Crippen LogP contribution in [0.2, 0.25) is 0 Å². The summed E-state index contributed by atoms with van der Waals surface area (Å²) in [6.07, 6.45) is 1.57. The fraction of sp³-hybridized carbons (Fsp3) is 0.0769. The van der Waals surface area contributed by atoms with Crippen LogP contribution in [0.25, 0.3) is 0 Å². The predicted molar refractivity (Wildman–Crippen MR) is 67.4 cm³/mol. The predicted octanol–water partition coefficient (Wildman–Crippen LogP) is 3.29. The lowest BCUT2D eigenvalue weighted by atomic mass is 10.2. The summed E-state index contributed by atoms with van der Waals surface area (Å²) in [6, 6.07) is 13.3. The molecule has 0 aliphatic heterocycles. The zero-order valence-corrected chi connectivity index (χ0v) is 10.5. The van der Waals surface area contributed by atoms with Crippen molar-refractivity contribution in [3.63, 3.8) is 0 Å². The van der Waals surface area contributed by atoms with E-state index in [1.54, 1.807) is 18.3 Å². The fourth-order valence-corrected chi connectivity index (χ4v) is 1.76. The first-order valence-corrected chi connectivity index (χ1v) is 5.82. The molecule has 17 heavy (non-hydrogen) atoms. The number of benzene rings is 1. The number of aromatic nitrogens is 1. The Kier molecular flexibility index (Phi) is 3.73. The van der Waals surface area contributed by atoms with Crippen LogP contribution in [0.3, 0.4) is 0 Å². The van der Waals surface area contributed by atoms with Gasteiger partial charge >= 0.3 is 0 Å². The average Bonchev–Trinajstić information content (AvgIpc) is 2.38. The Bertz CT molecular complexity index is 563. The Morgan fingerprint density at radius 1 is 1.24 bits per heavy atom. The van der Waals surface area contributed by atoms with Crippen molar-refractivity contribution in [2.24, 2.45) is 0 Å². The number of pyridine rings is 1. The molecule has 2 rings (SSSR count). The van der Waals surface area contributed by atoms with Crippen LogP contribution in [-0.4, -0.2) is 4.98 Å². The summed E-state index contributed by atoms with van der Waals surface area (Å²) in [4.78, 5) is 3.93. The molecule has 0 aliphatic rings. The molecule has 1 heterocycles. The third-order valence-corrected chi connectivity index (χ3v) is 2.99. The lowest BCUT2D eigenvalue weighted by Crippen LogP contribution is -1.98. The Morgan fingerprint density at radius 2 is 2.06 bits per heavy atom. The quantitative estimate of drug-likeness (QED) is 0.871. The smallest absolute Gasteiger partial charge is 0.182 e. The lowest BCUT2D eigenvalue weighted by molar-refractivity contribution is 0.303. The van der Waals surface area contributed by atoms with Gasteiger partial charge in [-0.1, -0.05) is 34.1 Å². The first-order valence-electron chi connectivity index (χ1n) is 5.02. The van der Waals surface area contributed by atoms with Gasteiger partial charge in [0.05, 0.1) is 0 Å². The second kappa shape index (κ2) is 5.46. The lowest BCUT2D eigenvalue weighted by Gasteiger charge is -2.08. The number of halogens is 1. The van der Waals surface area contributed by atoms with Gasteiger partial charge in [-0.3, -0.25) is 0 Å². The van der Waals surface area contributed by atoms with E-state index in [4.69, 9.17) is 10.00 Å². The largest absolute Gasteiger partial charge is 0.486 e. The summed E-state index contributed by atoms with van der Waals surface area (Å²) >= 11 is 3.44. The van der Waals surface area contributed by atoms with E-state index in [-0.39, 0.29) is 0 Å². The van der Waals surface area contributed by atoms with Crippen molar-refractivity contribution in [1.29, 1.82) is 5.26 Å². The van der Waals surface area contributed by atoms with Crippen molar-refractivity contribution >= 4 is 15.9 Å². The summed E-state index contributed by atoms with van der Waals surface area (Å²) in [5.74, 6) is 0.505. The summed E-state index contributed by atoms with van der Waals surface area (Å²) in [6.45, 7) is 0.405. The topological polar surface area (TPSA) is 45.9 Å². The maximum absolute atomic E-state index is 8.87. The molecule has 1 aromatic heterocycles. The molecule has 2 aromatic rings. The third-order valence-electron chi connectivity index (χ3n) is 2.22. The first-order chi connectivity index (χ1) is 8.31. The minimum absolute atomic E-state index is 0.305. The van der Waals surface area contributed by atoms with E-state index in [1.807, 2.05) is 30.3 Å². The van der Waals surface area contributed by atoms with Crippen molar-refractivity contribution in [3.8, 4) is 11.8 Å². The van der Waals surface area contributed by atoms with Gasteiger partial charge in [-0.25, -0.2) is 4.98 Å². The average molecular weight is 289 g/mol. The van der Waals surface area contributed by atoms with Gasteiger partial charge < -0.3 is 4.74 Å². The molecule has 0 amide bonds. The number of nitriles is 1. The Labute approximate surface area is 108 Å². The fourth-order valence-electron chi connectivity index (χ4n) is 1.36. The minimum atomic E-state index is 0.305. The van der Waals surface area contributed by atoms with Crippen molar-refractivity contribution in [3.05, 3.63) is 58.3 Å². The molecule has 0 saturated heterocycles. The highest BCUT2D eigenvalue weighted by Gasteiger charge is 2.04. The first kappa shape index (κ1) is 11.6. The maximum Gasteiger partial charge on any atom is 0.182 e. The molecule has 1 aromatic carbocycles. The van der Waals surface area contributed by atoms with Crippen LogP contribution in [-0.2, 0) is 6.61 Å². The summed E-state index contributed by atoms with van der Waals surface area (Å²) in [7, 11) is 0. The molecular weight excluding hydrogens is 280 g/mol. The van der Waals surface area contributed by atoms with E-state index < -0.39 is 0 Å². The SMILES string of the molecule is N#Cc1ncccc1OCc1ccccc1Br. The summed E-state index contributed by atoms with van der Waals surface area (Å²) < 4.78 is 6.57. The third kappa shape index (κ3) is 2.83. The van der Waals surface area contributed by atoms with Gasteiger partial charge in [0.2, 0.25) is 0 Å². The van der Waals surface area contributed by atoms with Crippen LogP contribution in [0.5, 0.6) is 5.75 Å². The van der Waals surface area contributed by atoms with Gasteiger partial charge in [0.25, 0.3) is 0 Å². The molecule has 0 aliphatic carbocycles. The van der Waals surface area contributed by atoms with Crippen LogP contribution in [0.15, 0.2) is 47.1 Å². The Hall–Kier alpha value is -1.86. The molecule has 0 radical (unpaired) electrons. The molecule has 3 nitrogen and oxygen atoms in total. The van der Waals surface area contributed by atoms with Crippen LogP contribution in [0.4, 0.5) is 0 Å². The van der Waals surface area contributed by atoms with Gasteiger partial charge in [-0.2, -0.15) is 5.26 Å². The number of rotatable bonds is 3. The highest BCUT2D eigenvalue weighted by Crippen LogP contribution is 2.20. The van der Waals surface area contributed by atoms with Crippen LogP contribution >= 0.6 is 15.9 Å². The van der Waals surface area contributed by atoms with Crippen LogP contribution in [0, 0.1) is 11.3 Å². The standard InChI is InChI=1S/C13H9BrN2O/c14-11-5-2-1-4-10(11)9-17-13-6-3-7-16-12(13)8-15/h1-7H,9H2. The van der Waals surface area contributed by atoms with Crippen molar-refractivity contribution in [2.75, 3.05) is 0 Å². The highest BCUT2D eigenvalue weighted by molar-refractivity contribution is 9.10. The zero-order chi connectivity index (χ0) is 12.1. The van der Waals surface area contributed by atoms with Gasteiger partial charge in [0.1, 0.15) is 12.7 Å². The summed E-state index contributed by atoms with van der Waals surface area (Å²) in [5, 5.41) is 8.87. The van der Waals surface area contributed by atoms with Crippen molar-refractivity contribution in [1.82, 2.24) is 4.98 Å². The normalized spacial score (nSPS) is 9.65. The number of hydrogen-bond acceptors (Lipinski definition) is 3. The molecule has 0 spiro atoms. The van der Waals surface area contributed by atoms with Crippen molar-refractivity contribution < 1.29 is 4.74 Å². The van der Waals surface area contributed by atoms with Gasteiger partial charge in [-0.05, 0) is 18.2 Å². The van der Waals surface area contributed by atoms with E-state index in [0.717, 1.165) is 10.0 Å². The van der Waals surface area contributed by atoms with E-state index in [1.165, 1.54) is 0 Å². The van der Waals surface area contributed by atoms with Crippen LogP contribution in [0.1, 0.15) is 11.3 Å². The maximum atomic E-state index is 8.87. The Balaban J connectivity index is 2.13. The second-order valence-electron chi connectivity index (χ2n) is 3.34. The van der Waals surface area contributed by atoms with Gasteiger partial charge in [0.15, 0.2) is 11.4 Å². The molecule has 84 valence electrons. The Morgan fingerprint density at radius 3 is 2.82 bits per heavy atom. The minimum Gasteiger partial charge on any atom is -0.486 e. The number of nitrogens with zero attached hydrogens (tertiary/aromatic N) is 2. The monoisotopic (exact) mass is 288 g/mol.